The molecule has 0 aliphatic rings. The maximum absolute atomic E-state index is 11.9. The van der Waals surface area contributed by atoms with E-state index in [0.29, 0.717) is 5.56 Å². The first-order valence-electron chi connectivity index (χ1n) is 7.98. The van der Waals surface area contributed by atoms with Gasteiger partial charge in [0.2, 0.25) is 0 Å². The Hall–Kier alpha value is -3.65. The number of hydrogen-bond donors (Lipinski definition) is 1. The van der Waals surface area contributed by atoms with Crippen LogP contribution in [0.1, 0.15) is 33.5 Å². The van der Waals surface area contributed by atoms with Crippen molar-refractivity contribution in [2.75, 3.05) is 0 Å². The van der Waals surface area contributed by atoms with Crippen molar-refractivity contribution >= 4 is 11.8 Å². The van der Waals surface area contributed by atoms with E-state index in [9.17, 15) is 20.0 Å². The summed E-state index contributed by atoms with van der Waals surface area (Å²) in [6.07, 6.45) is 0. The SMILES string of the molecule is CC(=O)c1c(C#N)c(-c2ccc(-c3ccccc3)cc2)c(C(=O)O)n1C. The fourth-order valence-electron chi connectivity index (χ4n) is 3.20. The molecule has 0 saturated heterocycles. The maximum atomic E-state index is 11.9. The largest absolute Gasteiger partial charge is 0.477 e. The summed E-state index contributed by atoms with van der Waals surface area (Å²) >= 11 is 0. The van der Waals surface area contributed by atoms with E-state index in [-0.39, 0.29) is 28.3 Å². The van der Waals surface area contributed by atoms with Crippen molar-refractivity contribution in [1.82, 2.24) is 4.57 Å². The number of rotatable bonds is 4. The number of aromatic nitrogens is 1. The van der Waals surface area contributed by atoms with E-state index >= 15 is 0 Å². The van der Waals surface area contributed by atoms with Crippen LogP contribution in [-0.2, 0) is 7.05 Å². The molecule has 0 radical (unpaired) electrons. The molecule has 128 valence electrons. The molecule has 0 bridgehead atoms. The Bertz CT molecular complexity index is 1040. The summed E-state index contributed by atoms with van der Waals surface area (Å²) in [7, 11) is 1.49. The van der Waals surface area contributed by atoms with E-state index in [1.54, 1.807) is 12.1 Å². The highest BCUT2D eigenvalue weighted by Crippen LogP contribution is 2.33. The monoisotopic (exact) mass is 344 g/mol. The number of Topliss-reactive ketones (excluding diaryl/α,β-unsaturated/α-hetero) is 1. The summed E-state index contributed by atoms with van der Waals surface area (Å²) in [5.41, 5.74) is 2.99. The van der Waals surface area contributed by atoms with Crippen LogP contribution >= 0.6 is 0 Å². The number of hydrogen-bond acceptors (Lipinski definition) is 3. The van der Waals surface area contributed by atoms with E-state index in [1.807, 2.05) is 48.5 Å². The number of carboxylic acid groups (broad SMARTS) is 1. The Kier molecular flexibility index (Phi) is 4.42. The number of carboxylic acids is 1. The third kappa shape index (κ3) is 2.78. The molecule has 0 aliphatic heterocycles. The average molecular weight is 344 g/mol. The number of nitriles is 1. The second-order valence-corrected chi connectivity index (χ2v) is 5.92. The molecule has 5 nitrogen and oxygen atoms in total. The van der Waals surface area contributed by atoms with Crippen LogP contribution in [0, 0.1) is 11.3 Å². The Morgan fingerprint density at radius 2 is 1.46 bits per heavy atom. The van der Waals surface area contributed by atoms with Gasteiger partial charge < -0.3 is 9.67 Å². The van der Waals surface area contributed by atoms with Gasteiger partial charge in [-0.15, -0.1) is 0 Å². The van der Waals surface area contributed by atoms with E-state index in [1.165, 1.54) is 18.5 Å². The molecule has 5 heteroatoms. The van der Waals surface area contributed by atoms with Crippen molar-refractivity contribution in [3.05, 3.63) is 71.5 Å². The highest BCUT2D eigenvalue weighted by molar-refractivity contribution is 6.04. The first-order chi connectivity index (χ1) is 12.5. The van der Waals surface area contributed by atoms with Crippen LogP contribution < -0.4 is 0 Å². The first-order valence-corrected chi connectivity index (χ1v) is 7.98. The average Bonchev–Trinajstić information content (AvgIpc) is 2.95. The van der Waals surface area contributed by atoms with E-state index in [2.05, 4.69) is 0 Å². The van der Waals surface area contributed by atoms with Crippen LogP contribution in [0.15, 0.2) is 54.6 Å². The lowest BCUT2D eigenvalue weighted by Crippen LogP contribution is -2.10. The van der Waals surface area contributed by atoms with Crippen molar-refractivity contribution in [2.24, 2.45) is 7.05 Å². The van der Waals surface area contributed by atoms with Gasteiger partial charge in [-0.25, -0.2) is 4.79 Å². The van der Waals surface area contributed by atoms with Gasteiger partial charge in [0.1, 0.15) is 17.5 Å². The molecule has 3 aromatic rings. The fraction of sp³-hybridized carbons (Fsp3) is 0.0952. The molecule has 0 aliphatic carbocycles. The molecular formula is C21H16N2O3. The molecule has 0 spiro atoms. The predicted octanol–water partition coefficient (Wildman–Crippen LogP) is 4.13. The third-order valence-corrected chi connectivity index (χ3v) is 4.32. The minimum atomic E-state index is -1.18. The summed E-state index contributed by atoms with van der Waals surface area (Å²) in [4.78, 5) is 23.7. The van der Waals surface area contributed by atoms with Crippen molar-refractivity contribution in [2.45, 2.75) is 6.92 Å². The van der Waals surface area contributed by atoms with E-state index < -0.39 is 5.97 Å². The van der Waals surface area contributed by atoms with Gasteiger partial charge in [0.15, 0.2) is 5.78 Å². The Labute approximate surface area is 150 Å². The minimum absolute atomic E-state index is 0.0702. The summed E-state index contributed by atoms with van der Waals surface area (Å²) in [5.74, 6) is -1.53. The first kappa shape index (κ1) is 17.2. The lowest BCUT2D eigenvalue weighted by atomic mass is 9.97. The molecular weight excluding hydrogens is 328 g/mol. The number of aromatic carboxylic acids is 1. The van der Waals surface area contributed by atoms with Crippen molar-refractivity contribution in [3.63, 3.8) is 0 Å². The van der Waals surface area contributed by atoms with Gasteiger partial charge in [-0.3, -0.25) is 4.79 Å². The Balaban J connectivity index is 2.21. The molecule has 1 aromatic heterocycles. The quantitative estimate of drug-likeness (QED) is 0.721. The van der Waals surface area contributed by atoms with Gasteiger partial charge in [0.25, 0.3) is 0 Å². The number of carbonyl (C=O) groups is 2. The molecule has 0 fully saturated rings. The van der Waals surface area contributed by atoms with Crippen molar-refractivity contribution in [3.8, 4) is 28.3 Å². The molecule has 0 unspecified atom stereocenters. The number of carbonyl (C=O) groups excluding carboxylic acids is 1. The molecule has 0 amide bonds. The summed E-state index contributed by atoms with van der Waals surface area (Å²) in [5, 5.41) is 19.2. The van der Waals surface area contributed by atoms with Crippen LogP contribution in [0.3, 0.4) is 0 Å². The Morgan fingerprint density at radius 3 is 1.96 bits per heavy atom. The van der Waals surface area contributed by atoms with E-state index in [4.69, 9.17) is 0 Å². The number of benzene rings is 2. The van der Waals surface area contributed by atoms with Gasteiger partial charge in [0, 0.05) is 19.5 Å². The summed E-state index contributed by atoms with van der Waals surface area (Å²) < 4.78 is 1.28. The minimum Gasteiger partial charge on any atom is -0.477 e. The lowest BCUT2D eigenvalue weighted by Gasteiger charge is -2.06. The number of nitrogens with zero attached hydrogens (tertiary/aromatic N) is 2. The van der Waals surface area contributed by atoms with Crippen LogP contribution in [0.4, 0.5) is 0 Å². The van der Waals surface area contributed by atoms with Crippen LogP contribution in [0.2, 0.25) is 0 Å². The van der Waals surface area contributed by atoms with Gasteiger partial charge in [-0.2, -0.15) is 5.26 Å². The highest BCUT2D eigenvalue weighted by Gasteiger charge is 2.28. The van der Waals surface area contributed by atoms with Gasteiger partial charge >= 0.3 is 5.97 Å². The van der Waals surface area contributed by atoms with Crippen LogP contribution in [0.25, 0.3) is 22.3 Å². The smallest absolute Gasteiger partial charge is 0.353 e. The lowest BCUT2D eigenvalue weighted by molar-refractivity contribution is 0.0687. The zero-order valence-electron chi connectivity index (χ0n) is 14.4. The van der Waals surface area contributed by atoms with Gasteiger partial charge in [-0.05, 0) is 16.7 Å². The second kappa shape index (κ2) is 6.69. The molecule has 26 heavy (non-hydrogen) atoms. The maximum Gasteiger partial charge on any atom is 0.353 e. The van der Waals surface area contributed by atoms with Gasteiger partial charge in [0.05, 0.1) is 5.56 Å². The molecule has 3 rings (SSSR count). The molecule has 0 atom stereocenters. The standard InChI is InChI=1S/C21H16N2O3/c1-13(24)19-17(12-22)18(20(21(25)26)23(19)2)16-10-8-15(9-11-16)14-6-4-3-5-7-14/h3-11H,1-2H3,(H,25,26). The van der Waals surface area contributed by atoms with Crippen molar-refractivity contribution in [1.29, 1.82) is 5.26 Å². The Morgan fingerprint density at radius 1 is 0.923 bits per heavy atom. The summed E-state index contributed by atoms with van der Waals surface area (Å²) in [6, 6.07) is 19.1. The molecule has 2 aromatic carbocycles. The highest BCUT2D eigenvalue weighted by atomic mass is 16.4. The number of ketones is 1. The van der Waals surface area contributed by atoms with Gasteiger partial charge in [-0.1, -0.05) is 54.6 Å². The summed E-state index contributed by atoms with van der Waals surface area (Å²) in [6.45, 7) is 1.32. The second-order valence-electron chi connectivity index (χ2n) is 5.92. The topological polar surface area (TPSA) is 83.1 Å². The van der Waals surface area contributed by atoms with Crippen LogP contribution in [0.5, 0.6) is 0 Å². The molecule has 1 N–H and O–H groups in total. The van der Waals surface area contributed by atoms with Crippen molar-refractivity contribution < 1.29 is 14.7 Å². The zero-order chi connectivity index (χ0) is 18.8. The van der Waals surface area contributed by atoms with Crippen LogP contribution in [-0.4, -0.2) is 21.4 Å². The molecule has 1 heterocycles. The normalized spacial score (nSPS) is 10.3. The fourth-order valence-corrected chi connectivity index (χ4v) is 3.20. The molecule has 0 saturated carbocycles. The third-order valence-electron chi connectivity index (χ3n) is 4.32. The predicted molar refractivity (Wildman–Crippen MR) is 98.0 cm³/mol. The zero-order valence-corrected chi connectivity index (χ0v) is 14.4. The van der Waals surface area contributed by atoms with E-state index in [0.717, 1.165) is 11.1 Å².